The summed E-state index contributed by atoms with van der Waals surface area (Å²) in [6.45, 7) is 0. The molecular formula is C8H7F3N2O4. The number of alkyl halides is 3. The van der Waals surface area contributed by atoms with Crippen molar-refractivity contribution < 1.29 is 32.2 Å². The molecule has 0 unspecified atom stereocenters. The normalized spacial score (nSPS) is 11.1. The van der Waals surface area contributed by atoms with Crippen LogP contribution in [0, 0.1) is 0 Å². The minimum absolute atomic E-state index is 0.772. The van der Waals surface area contributed by atoms with Crippen LogP contribution in [0.15, 0.2) is 0 Å². The molecule has 17 heavy (non-hydrogen) atoms. The van der Waals surface area contributed by atoms with Crippen LogP contribution in [0.2, 0.25) is 0 Å². The van der Waals surface area contributed by atoms with E-state index in [4.69, 9.17) is 0 Å². The summed E-state index contributed by atoms with van der Waals surface area (Å²) in [6.07, 6.45) is -4.86. The van der Waals surface area contributed by atoms with E-state index in [1.165, 1.54) is 0 Å². The minimum Gasteiger partial charge on any atom is -0.465 e. The van der Waals surface area contributed by atoms with E-state index in [0.29, 0.717) is 0 Å². The first-order chi connectivity index (χ1) is 7.82. The Balaban J connectivity index is 3.40. The number of methoxy groups -OCH3 is 2. The number of aromatic amines is 1. The predicted molar refractivity (Wildman–Crippen MR) is 46.3 cm³/mol. The first-order valence-electron chi connectivity index (χ1n) is 4.15. The number of hydrogen-bond donors (Lipinski definition) is 1. The summed E-state index contributed by atoms with van der Waals surface area (Å²) in [6, 6.07) is 0. The Hall–Kier alpha value is -2.06. The second kappa shape index (κ2) is 4.44. The highest BCUT2D eigenvalue weighted by Crippen LogP contribution is 2.32. The molecular weight excluding hydrogens is 245 g/mol. The average Bonchev–Trinajstić information content (AvgIpc) is 2.70. The molecule has 0 aliphatic rings. The van der Waals surface area contributed by atoms with Crippen LogP contribution in [0.1, 0.15) is 26.5 Å². The van der Waals surface area contributed by atoms with E-state index >= 15 is 0 Å². The molecule has 0 aliphatic heterocycles. The van der Waals surface area contributed by atoms with Gasteiger partial charge in [0.2, 0.25) is 0 Å². The van der Waals surface area contributed by atoms with Crippen LogP contribution in [0.25, 0.3) is 0 Å². The van der Waals surface area contributed by atoms with Gasteiger partial charge in [0.15, 0.2) is 11.4 Å². The number of carbonyl (C=O) groups excluding carboxylic acids is 2. The lowest BCUT2D eigenvalue weighted by molar-refractivity contribution is -0.141. The fraction of sp³-hybridized carbons (Fsp3) is 0.375. The molecule has 0 fully saturated rings. The number of nitrogens with one attached hydrogen (secondary N) is 1. The van der Waals surface area contributed by atoms with E-state index in [9.17, 15) is 22.8 Å². The second-order valence-corrected chi connectivity index (χ2v) is 2.80. The topological polar surface area (TPSA) is 81.3 Å². The molecule has 0 spiro atoms. The van der Waals surface area contributed by atoms with Gasteiger partial charge in [-0.15, -0.1) is 0 Å². The zero-order chi connectivity index (χ0) is 13.2. The Labute approximate surface area is 92.7 Å². The van der Waals surface area contributed by atoms with Crippen molar-refractivity contribution in [1.29, 1.82) is 0 Å². The summed E-state index contributed by atoms with van der Waals surface area (Å²) < 4.78 is 45.8. The maximum Gasteiger partial charge on any atom is 0.433 e. The molecule has 6 nitrogen and oxygen atoms in total. The molecule has 1 aromatic rings. The summed E-state index contributed by atoms with van der Waals surface area (Å²) >= 11 is 0. The molecule has 0 radical (unpaired) electrons. The summed E-state index contributed by atoms with van der Waals surface area (Å²) in [4.78, 5) is 22.3. The smallest absolute Gasteiger partial charge is 0.433 e. The largest absolute Gasteiger partial charge is 0.465 e. The van der Waals surface area contributed by atoms with Gasteiger partial charge in [-0.2, -0.15) is 18.3 Å². The summed E-state index contributed by atoms with van der Waals surface area (Å²) in [7, 11) is 1.84. The summed E-state index contributed by atoms with van der Waals surface area (Å²) in [5, 5.41) is 4.67. The van der Waals surface area contributed by atoms with Gasteiger partial charge in [0.25, 0.3) is 0 Å². The van der Waals surface area contributed by atoms with Crippen molar-refractivity contribution in [2.45, 2.75) is 6.18 Å². The van der Waals surface area contributed by atoms with Gasteiger partial charge < -0.3 is 9.47 Å². The van der Waals surface area contributed by atoms with Crippen molar-refractivity contribution in [2.24, 2.45) is 0 Å². The summed E-state index contributed by atoms with van der Waals surface area (Å²) in [5.74, 6) is -2.50. The Kier molecular flexibility index (Phi) is 3.39. The number of esters is 2. The van der Waals surface area contributed by atoms with Gasteiger partial charge in [-0.1, -0.05) is 0 Å². The lowest BCUT2D eigenvalue weighted by atomic mass is 10.1. The molecule has 0 atom stereocenters. The molecule has 94 valence electrons. The number of rotatable bonds is 2. The van der Waals surface area contributed by atoms with Crippen molar-refractivity contribution in [2.75, 3.05) is 14.2 Å². The van der Waals surface area contributed by atoms with Crippen molar-refractivity contribution in [3.8, 4) is 0 Å². The van der Waals surface area contributed by atoms with Gasteiger partial charge in [-0.3, -0.25) is 5.10 Å². The molecule has 0 aliphatic carbocycles. The van der Waals surface area contributed by atoms with Gasteiger partial charge in [-0.05, 0) is 0 Å². The quantitative estimate of drug-likeness (QED) is 0.794. The zero-order valence-corrected chi connectivity index (χ0v) is 8.71. The van der Waals surface area contributed by atoms with Gasteiger partial charge in [0.1, 0.15) is 5.56 Å². The van der Waals surface area contributed by atoms with Crippen LogP contribution < -0.4 is 0 Å². The Morgan fingerprint density at radius 3 is 2.12 bits per heavy atom. The van der Waals surface area contributed by atoms with Crippen molar-refractivity contribution >= 4 is 11.9 Å². The van der Waals surface area contributed by atoms with E-state index in [1.54, 1.807) is 5.10 Å². The van der Waals surface area contributed by atoms with Crippen molar-refractivity contribution in [1.82, 2.24) is 10.2 Å². The van der Waals surface area contributed by atoms with Gasteiger partial charge >= 0.3 is 18.1 Å². The second-order valence-electron chi connectivity index (χ2n) is 2.80. The SMILES string of the molecule is COC(=O)c1n[nH]c(C(F)(F)F)c1C(=O)OC. The molecule has 1 N–H and O–H groups in total. The van der Waals surface area contributed by atoms with Crippen LogP contribution in [0.4, 0.5) is 13.2 Å². The monoisotopic (exact) mass is 252 g/mol. The van der Waals surface area contributed by atoms with Crippen LogP contribution >= 0.6 is 0 Å². The third-order valence-corrected chi connectivity index (χ3v) is 1.82. The van der Waals surface area contributed by atoms with E-state index < -0.39 is 35.1 Å². The predicted octanol–water partition coefficient (Wildman–Crippen LogP) is 1.00. The number of aromatic nitrogens is 2. The number of carbonyl (C=O) groups is 2. The third kappa shape index (κ3) is 2.37. The van der Waals surface area contributed by atoms with Crippen LogP contribution in [0.3, 0.4) is 0 Å². The van der Waals surface area contributed by atoms with Gasteiger partial charge in [0.05, 0.1) is 14.2 Å². The van der Waals surface area contributed by atoms with Crippen LogP contribution in [-0.4, -0.2) is 36.4 Å². The third-order valence-electron chi connectivity index (χ3n) is 1.82. The first-order valence-corrected chi connectivity index (χ1v) is 4.15. The molecule has 0 bridgehead atoms. The lowest BCUT2D eigenvalue weighted by Gasteiger charge is -2.06. The van der Waals surface area contributed by atoms with Crippen LogP contribution in [0.5, 0.6) is 0 Å². The fourth-order valence-electron chi connectivity index (χ4n) is 1.09. The lowest BCUT2D eigenvalue weighted by Crippen LogP contribution is -2.16. The van der Waals surface area contributed by atoms with Crippen molar-refractivity contribution in [3.63, 3.8) is 0 Å². The van der Waals surface area contributed by atoms with E-state index in [1.807, 2.05) is 0 Å². The molecule has 0 amide bonds. The molecule has 0 aromatic carbocycles. The highest BCUT2D eigenvalue weighted by molar-refractivity contribution is 6.02. The molecule has 0 saturated carbocycles. The average molecular weight is 252 g/mol. The minimum atomic E-state index is -4.86. The first kappa shape index (κ1) is 13.0. The number of H-pyrrole nitrogens is 1. The van der Waals surface area contributed by atoms with Gasteiger partial charge in [-0.25, -0.2) is 9.59 Å². The summed E-state index contributed by atoms with van der Waals surface area (Å²) in [5.41, 5.74) is -3.22. The maximum absolute atomic E-state index is 12.5. The zero-order valence-electron chi connectivity index (χ0n) is 8.71. The highest BCUT2D eigenvalue weighted by atomic mass is 19.4. The Bertz CT molecular complexity index is 452. The van der Waals surface area contributed by atoms with E-state index in [2.05, 4.69) is 14.6 Å². The van der Waals surface area contributed by atoms with Crippen LogP contribution in [-0.2, 0) is 15.7 Å². The Morgan fingerprint density at radius 2 is 1.71 bits per heavy atom. The number of hydrogen-bond acceptors (Lipinski definition) is 5. The maximum atomic E-state index is 12.5. The number of nitrogens with zero attached hydrogens (tertiary/aromatic N) is 1. The van der Waals surface area contributed by atoms with Gasteiger partial charge in [0, 0.05) is 0 Å². The molecule has 1 heterocycles. The molecule has 9 heteroatoms. The number of ether oxygens (including phenoxy) is 2. The standard InChI is InChI=1S/C8H7F3N2O4/c1-16-6(14)3-4(7(15)17-2)12-13-5(3)8(9,10)11/h1-2H3,(H,12,13). The highest BCUT2D eigenvalue weighted by Gasteiger charge is 2.41. The Morgan fingerprint density at radius 1 is 1.18 bits per heavy atom. The molecule has 1 aromatic heterocycles. The molecule has 0 saturated heterocycles. The van der Waals surface area contributed by atoms with Crippen molar-refractivity contribution in [3.05, 3.63) is 17.0 Å². The fourth-order valence-corrected chi connectivity index (χ4v) is 1.09. The van der Waals surface area contributed by atoms with E-state index in [-0.39, 0.29) is 0 Å². The molecule has 1 rings (SSSR count). The van der Waals surface area contributed by atoms with E-state index in [0.717, 1.165) is 14.2 Å². The number of halogens is 3.